The Bertz CT molecular complexity index is 1570. The second-order valence-corrected chi connectivity index (χ2v) is 12.2. The number of aromatic nitrogens is 3. The summed E-state index contributed by atoms with van der Waals surface area (Å²) in [5, 5.41) is 20.3. The first-order chi connectivity index (χ1) is 24.2. The van der Waals surface area contributed by atoms with Gasteiger partial charge in [0.1, 0.15) is 5.82 Å². The van der Waals surface area contributed by atoms with Gasteiger partial charge in [0.15, 0.2) is 5.78 Å². The molecule has 0 aliphatic carbocycles. The predicted octanol–water partition coefficient (Wildman–Crippen LogP) is 5.60. The second kappa shape index (κ2) is 19.4. The Kier molecular flexibility index (Phi) is 14.7. The first kappa shape index (κ1) is 38.0. The molecule has 4 rings (SSSR count). The lowest BCUT2D eigenvalue weighted by Crippen LogP contribution is -2.31. The number of unbranched alkanes of at least 4 members (excludes halogenated alkanes) is 1. The SMILES string of the molecule is CCN(CC)CCCCc1nc(NCCCN(CC)CC)nc(Nc2ccc(N=NC(C(C)=O)C(=O)Nc3ccc4c(c3)NC(=O)C4)cc2)n1. The van der Waals surface area contributed by atoms with Crippen molar-refractivity contribution in [2.24, 2.45) is 10.2 Å². The number of anilines is 5. The number of fused-ring (bicyclic) bond motifs is 1. The molecule has 50 heavy (non-hydrogen) atoms. The molecule has 2 aromatic carbocycles. The summed E-state index contributed by atoms with van der Waals surface area (Å²) in [6.07, 6.45) is 4.07. The van der Waals surface area contributed by atoms with Crippen LogP contribution in [-0.2, 0) is 27.2 Å². The van der Waals surface area contributed by atoms with E-state index in [2.05, 4.69) is 74.0 Å². The van der Waals surface area contributed by atoms with E-state index in [1.165, 1.54) is 6.92 Å². The summed E-state index contributed by atoms with van der Waals surface area (Å²) in [5.41, 5.74) is 3.14. The number of hydrogen-bond donors (Lipinski definition) is 4. The van der Waals surface area contributed by atoms with Gasteiger partial charge in [-0.3, -0.25) is 14.4 Å². The van der Waals surface area contributed by atoms with Crippen LogP contribution in [0, 0.1) is 0 Å². The fourth-order valence-electron chi connectivity index (χ4n) is 5.55. The topological polar surface area (TPSA) is 169 Å². The van der Waals surface area contributed by atoms with E-state index < -0.39 is 17.7 Å². The van der Waals surface area contributed by atoms with Crippen molar-refractivity contribution in [2.75, 3.05) is 67.1 Å². The number of nitrogens with zero attached hydrogens (tertiary/aromatic N) is 7. The van der Waals surface area contributed by atoms with Gasteiger partial charge in [0, 0.05) is 30.0 Å². The van der Waals surface area contributed by atoms with Crippen molar-refractivity contribution in [2.45, 2.75) is 72.8 Å². The van der Waals surface area contributed by atoms with E-state index in [1.807, 2.05) is 0 Å². The standard InChI is InChI=1S/C36H51N11O3/c1-6-46(7-2)21-11-10-13-31-41-35(37-20-12-22-47(8-3)9-4)43-36(42-31)39-27-16-18-28(19-17-27)44-45-33(25(5)48)34(50)38-29-15-14-26-23-32(49)40-30(26)24-29/h14-19,24,33H,6-13,20-23H2,1-5H3,(H,38,50)(H,40,49)(H2,37,39,41,42,43). The predicted molar refractivity (Wildman–Crippen MR) is 198 cm³/mol. The molecule has 0 radical (unpaired) electrons. The number of ketones is 1. The molecule has 1 unspecified atom stereocenters. The van der Waals surface area contributed by atoms with Crippen LogP contribution in [0.2, 0.25) is 0 Å². The number of amides is 2. The van der Waals surface area contributed by atoms with E-state index in [1.54, 1.807) is 42.5 Å². The summed E-state index contributed by atoms with van der Waals surface area (Å²) in [7, 11) is 0. The lowest BCUT2D eigenvalue weighted by molar-refractivity contribution is -0.126. The molecule has 4 N–H and O–H groups in total. The quantitative estimate of drug-likeness (QED) is 0.0629. The maximum atomic E-state index is 12.9. The minimum atomic E-state index is -1.33. The number of rotatable bonds is 21. The Morgan fingerprint density at radius 3 is 2.20 bits per heavy atom. The van der Waals surface area contributed by atoms with Gasteiger partial charge in [-0.05, 0) is 107 Å². The number of nitrogens with one attached hydrogen (secondary N) is 4. The van der Waals surface area contributed by atoms with Gasteiger partial charge in [0.05, 0.1) is 12.1 Å². The number of hydrogen-bond acceptors (Lipinski definition) is 12. The van der Waals surface area contributed by atoms with E-state index >= 15 is 0 Å². The van der Waals surface area contributed by atoms with Crippen molar-refractivity contribution in [3.8, 4) is 0 Å². The third-order valence-electron chi connectivity index (χ3n) is 8.58. The molecule has 2 heterocycles. The molecule has 1 atom stereocenters. The van der Waals surface area contributed by atoms with Crippen molar-refractivity contribution in [1.82, 2.24) is 24.8 Å². The number of Topliss-reactive ketones (excluding diaryl/α,β-unsaturated/α-hetero) is 1. The van der Waals surface area contributed by atoms with Gasteiger partial charge in [0.2, 0.25) is 23.8 Å². The zero-order valence-electron chi connectivity index (χ0n) is 30.0. The summed E-state index contributed by atoms with van der Waals surface area (Å²) in [6.45, 7) is 17.0. The number of benzene rings is 2. The molecule has 1 aliphatic heterocycles. The zero-order valence-corrected chi connectivity index (χ0v) is 30.0. The zero-order chi connectivity index (χ0) is 35.9. The van der Waals surface area contributed by atoms with E-state index in [9.17, 15) is 14.4 Å². The van der Waals surface area contributed by atoms with Gasteiger partial charge in [-0.25, -0.2) is 0 Å². The van der Waals surface area contributed by atoms with Crippen LogP contribution in [0.15, 0.2) is 52.7 Å². The van der Waals surface area contributed by atoms with Crippen molar-refractivity contribution >= 4 is 52.2 Å². The summed E-state index contributed by atoms with van der Waals surface area (Å²) in [4.78, 5) is 55.7. The molecule has 2 amide bonds. The van der Waals surface area contributed by atoms with E-state index in [0.717, 1.165) is 88.6 Å². The van der Waals surface area contributed by atoms with Crippen LogP contribution in [0.1, 0.15) is 65.3 Å². The third-order valence-corrected chi connectivity index (χ3v) is 8.58. The molecule has 0 fully saturated rings. The van der Waals surface area contributed by atoms with Crippen molar-refractivity contribution < 1.29 is 14.4 Å². The smallest absolute Gasteiger partial charge is 0.258 e. The first-order valence-corrected chi connectivity index (χ1v) is 17.7. The lowest BCUT2D eigenvalue weighted by atomic mass is 10.1. The molecule has 268 valence electrons. The van der Waals surface area contributed by atoms with Crippen LogP contribution >= 0.6 is 0 Å². The van der Waals surface area contributed by atoms with Gasteiger partial charge in [-0.15, -0.1) is 0 Å². The normalized spacial score (nSPS) is 13.1. The van der Waals surface area contributed by atoms with Crippen LogP contribution in [0.25, 0.3) is 0 Å². The number of azo groups is 1. The Hall–Kier alpha value is -4.82. The Balaban J connectivity index is 1.39. The van der Waals surface area contributed by atoms with E-state index in [-0.39, 0.29) is 5.91 Å². The molecule has 0 saturated heterocycles. The average molecular weight is 686 g/mol. The monoisotopic (exact) mass is 685 g/mol. The maximum absolute atomic E-state index is 12.9. The van der Waals surface area contributed by atoms with E-state index in [4.69, 9.17) is 9.97 Å². The molecule has 0 bridgehead atoms. The second-order valence-electron chi connectivity index (χ2n) is 12.2. The van der Waals surface area contributed by atoms with Crippen LogP contribution < -0.4 is 21.3 Å². The van der Waals surface area contributed by atoms with Gasteiger partial charge in [-0.2, -0.15) is 25.2 Å². The molecule has 0 saturated carbocycles. The highest BCUT2D eigenvalue weighted by Gasteiger charge is 2.24. The molecular formula is C36H51N11O3. The van der Waals surface area contributed by atoms with Crippen molar-refractivity contribution in [1.29, 1.82) is 0 Å². The van der Waals surface area contributed by atoms with Gasteiger partial charge < -0.3 is 31.1 Å². The molecule has 14 heteroatoms. The fourth-order valence-corrected chi connectivity index (χ4v) is 5.55. The minimum absolute atomic E-state index is 0.103. The average Bonchev–Trinajstić information content (AvgIpc) is 3.48. The molecule has 14 nitrogen and oxygen atoms in total. The highest BCUT2D eigenvalue weighted by Crippen LogP contribution is 2.27. The molecular weight excluding hydrogens is 634 g/mol. The lowest BCUT2D eigenvalue weighted by Gasteiger charge is -2.18. The van der Waals surface area contributed by atoms with Crippen LogP contribution in [0.3, 0.4) is 0 Å². The Morgan fingerprint density at radius 1 is 0.860 bits per heavy atom. The minimum Gasteiger partial charge on any atom is -0.354 e. The molecule has 1 aliphatic rings. The van der Waals surface area contributed by atoms with Gasteiger partial charge in [0.25, 0.3) is 5.91 Å². The first-order valence-electron chi connectivity index (χ1n) is 17.7. The Labute approximate surface area is 295 Å². The Morgan fingerprint density at radius 2 is 1.52 bits per heavy atom. The van der Waals surface area contributed by atoms with Crippen molar-refractivity contribution in [3.63, 3.8) is 0 Å². The summed E-state index contributed by atoms with van der Waals surface area (Å²) in [6, 6.07) is 10.9. The third kappa shape index (κ3) is 11.7. The fraction of sp³-hybridized carbons (Fsp3) is 0.500. The van der Waals surface area contributed by atoms with Crippen LogP contribution in [0.5, 0.6) is 0 Å². The van der Waals surface area contributed by atoms with Gasteiger partial charge >= 0.3 is 0 Å². The summed E-state index contributed by atoms with van der Waals surface area (Å²) >= 11 is 0. The van der Waals surface area contributed by atoms with Crippen LogP contribution in [0.4, 0.5) is 34.6 Å². The molecule has 3 aromatic rings. The molecule has 1 aromatic heterocycles. The number of carbonyl (C=O) groups excluding carboxylic acids is 3. The maximum Gasteiger partial charge on any atom is 0.258 e. The van der Waals surface area contributed by atoms with Crippen molar-refractivity contribution in [3.05, 3.63) is 53.9 Å². The van der Waals surface area contributed by atoms with Crippen LogP contribution in [-0.4, -0.2) is 94.2 Å². The van der Waals surface area contributed by atoms with E-state index in [0.29, 0.717) is 35.4 Å². The summed E-state index contributed by atoms with van der Waals surface area (Å²) < 4.78 is 0. The highest BCUT2D eigenvalue weighted by molar-refractivity contribution is 6.10. The number of carbonyl (C=O) groups is 3. The number of aryl methyl sites for hydroxylation is 1. The highest BCUT2D eigenvalue weighted by atomic mass is 16.2. The summed E-state index contributed by atoms with van der Waals surface area (Å²) in [5.74, 6) is 0.559. The molecule has 0 spiro atoms. The van der Waals surface area contributed by atoms with Gasteiger partial charge in [-0.1, -0.05) is 33.8 Å². The largest absolute Gasteiger partial charge is 0.354 e.